The van der Waals surface area contributed by atoms with Crippen molar-refractivity contribution in [2.45, 2.75) is 83.8 Å². The number of amides is 1. The summed E-state index contributed by atoms with van der Waals surface area (Å²) >= 11 is 0. The number of carboxylic acids is 1. The quantitative estimate of drug-likeness (QED) is 0.449. The molecule has 0 aromatic rings. The molecular weight excluding hydrogens is 424 g/mol. The minimum Gasteiger partial charge on any atom is -0.480 e. The van der Waals surface area contributed by atoms with Crippen molar-refractivity contribution >= 4 is 17.6 Å². The number of nitrogens with zero attached hydrogens (tertiary/aromatic N) is 1. The molecule has 4 N–H and O–H groups in total. The molecule has 0 aliphatic heterocycles. The SMILES string of the molecule is C[C@]12CC/C(=N/OCC(=O)N[C@H](CO)C(=O)O)C=C1CC[C@@H]1[C@@H]2CC[C@@]2(C)[C@H]1CC[C@]2(C)O. The molecule has 0 aromatic heterocycles. The first-order valence-corrected chi connectivity index (χ1v) is 12.3. The minimum absolute atomic E-state index is 0.0249. The molecule has 3 saturated carbocycles. The maximum absolute atomic E-state index is 11.8. The van der Waals surface area contributed by atoms with E-state index < -0.39 is 36.7 Å². The van der Waals surface area contributed by atoms with Gasteiger partial charge in [-0.05, 0) is 93.0 Å². The maximum atomic E-state index is 11.8. The van der Waals surface area contributed by atoms with E-state index in [9.17, 15) is 14.7 Å². The molecule has 184 valence electrons. The van der Waals surface area contributed by atoms with Crippen molar-refractivity contribution in [2.24, 2.45) is 33.7 Å². The molecule has 0 radical (unpaired) electrons. The number of fused-ring (bicyclic) bond motifs is 5. The Hall–Kier alpha value is -1.93. The number of aliphatic hydroxyl groups excluding tert-OH is 1. The highest BCUT2D eigenvalue weighted by Crippen LogP contribution is 2.67. The lowest BCUT2D eigenvalue weighted by atomic mass is 9.46. The van der Waals surface area contributed by atoms with Crippen LogP contribution in [0, 0.1) is 28.6 Å². The van der Waals surface area contributed by atoms with E-state index in [1.807, 2.05) is 6.92 Å². The smallest absolute Gasteiger partial charge is 0.328 e. The molecule has 0 unspecified atom stereocenters. The highest BCUT2D eigenvalue weighted by molar-refractivity contribution is 5.96. The van der Waals surface area contributed by atoms with E-state index in [4.69, 9.17) is 15.1 Å². The first-order valence-electron chi connectivity index (χ1n) is 12.3. The van der Waals surface area contributed by atoms with Gasteiger partial charge in [0.25, 0.3) is 5.91 Å². The topological polar surface area (TPSA) is 128 Å². The lowest BCUT2D eigenvalue weighted by Gasteiger charge is -2.59. The fourth-order valence-electron chi connectivity index (χ4n) is 7.48. The van der Waals surface area contributed by atoms with Gasteiger partial charge in [-0.15, -0.1) is 0 Å². The number of aliphatic hydroxyl groups is 2. The molecule has 1 amide bonds. The number of allylic oxidation sites excluding steroid dienone is 2. The molecule has 0 aromatic carbocycles. The predicted molar refractivity (Wildman–Crippen MR) is 122 cm³/mol. The van der Waals surface area contributed by atoms with Gasteiger partial charge in [0.05, 0.1) is 17.9 Å². The third kappa shape index (κ3) is 4.09. The molecule has 3 fully saturated rings. The Kier molecular flexibility index (Phi) is 6.37. The number of aliphatic carboxylic acids is 1. The number of carbonyl (C=O) groups is 2. The average molecular weight is 463 g/mol. The number of carbonyl (C=O) groups excluding carboxylic acids is 1. The van der Waals surface area contributed by atoms with Crippen molar-refractivity contribution in [3.63, 3.8) is 0 Å². The molecule has 4 aliphatic carbocycles. The molecule has 7 atom stereocenters. The second kappa shape index (κ2) is 8.69. The van der Waals surface area contributed by atoms with Crippen molar-refractivity contribution in [1.29, 1.82) is 0 Å². The van der Waals surface area contributed by atoms with E-state index in [-0.39, 0.29) is 10.8 Å². The Morgan fingerprint density at radius 2 is 1.88 bits per heavy atom. The van der Waals surface area contributed by atoms with Gasteiger partial charge in [0.1, 0.15) is 6.04 Å². The van der Waals surface area contributed by atoms with Crippen molar-refractivity contribution < 1.29 is 29.7 Å². The summed E-state index contributed by atoms with van der Waals surface area (Å²) in [5.41, 5.74) is 1.84. The molecule has 33 heavy (non-hydrogen) atoms. The van der Waals surface area contributed by atoms with E-state index in [1.165, 1.54) is 5.57 Å². The third-order valence-corrected chi connectivity index (χ3v) is 9.73. The summed E-state index contributed by atoms with van der Waals surface area (Å²) in [5.74, 6) is -0.0492. The lowest BCUT2D eigenvalue weighted by Crippen LogP contribution is -2.53. The average Bonchev–Trinajstić information content (AvgIpc) is 3.01. The highest BCUT2D eigenvalue weighted by atomic mass is 16.6. The summed E-state index contributed by atoms with van der Waals surface area (Å²) in [5, 5.41) is 35.3. The number of hydrogen-bond acceptors (Lipinski definition) is 6. The summed E-state index contributed by atoms with van der Waals surface area (Å²) in [6.07, 6.45) is 10.4. The van der Waals surface area contributed by atoms with E-state index in [0.29, 0.717) is 17.8 Å². The van der Waals surface area contributed by atoms with E-state index in [2.05, 4.69) is 30.4 Å². The van der Waals surface area contributed by atoms with Crippen LogP contribution in [0.2, 0.25) is 0 Å². The van der Waals surface area contributed by atoms with Crippen LogP contribution in [0.25, 0.3) is 0 Å². The molecular formula is C25H38N2O6. The summed E-state index contributed by atoms with van der Waals surface area (Å²) in [6.45, 7) is 5.68. The Morgan fingerprint density at radius 3 is 2.58 bits per heavy atom. The molecule has 4 aliphatic rings. The summed E-state index contributed by atoms with van der Waals surface area (Å²) in [4.78, 5) is 27.9. The van der Waals surface area contributed by atoms with Gasteiger partial charge in [0.15, 0.2) is 6.61 Å². The summed E-state index contributed by atoms with van der Waals surface area (Å²) in [7, 11) is 0. The predicted octanol–water partition coefficient (Wildman–Crippen LogP) is 2.63. The Bertz CT molecular complexity index is 867. The summed E-state index contributed by atoms with van der Waals surface area (Å²) in [6, 6.07) is -1.35. The van der Waals surface area contributed by atoms with Gasteiger partial charge in [0, 0.05) is 0 Å². The Labute approximate surface area is 195 Å². The van der Waals surface area contributed by atoms with Crippen LogP contribution in [-0.4, -0.2) is 57.8 Å². The van der Waals surface area contributed by atoms with Crippen LogP contribution in [-0.2, 0) is 14.4 Å². The van der Waals surface area contributed by atoms with Crippen LogP contribution in [0.3, 0.4) is 0 Å². The largest absolute Gasteiger partial charge is 0.480 e. The van der Waals surface area contributed by atoms with Gasteiger partial charge in [-0.1, -0.05) is 24.6 Å². The zero-order valence-corrected chi connectivity index (χ0v) is 20.0. The standard InChI is InChI=1S/C25H38N2O6/c1-23-9-6-16(27-33-14-21(29)26-20(13-28)22(30)31)12-15(23)4-5-17-18(23)7-10-24(2)19(17)8-11-25(24,3)32/h12,17-20,28,32H,4-11,13-14H2,1-3H3,(H,26,29)(H,30,31)/b27-16-/t17-,18+,19+,20-,23+,24+,25+/m1/s1. The lowest BCUT2D eigenvalue weighted by molar-refractivity contribution is -0.143. The second-order valence-electron chi connectivity index (χ2n) is 11.3. The van der Waals surface area contributed by atoms with Crippen molar-refractivity contribution in [3.05, 3.63) is 11.6 Å². The van der Waals surface area contributed by atoms with E-state index in [1.54, 1.807) is 0 Å². The molecule has 8 nitrogen and oxygen atoms in total. The molecule has 0 spiro atoms. The van der Waals surface area contributed by atoms with Gasteiger partial charge < -0.3 is 25.5 Å². The van der Waals surface area contributed by atoms with Crippen LogP contribution in [0.4, 0.5) is 0 Å². The number of nitrogens with one attached hydrogen (secondary N) is 1. The zero-order valence-electron chi connectivity index (χ0n) is 20.0. The van der Waals surface area contributed by atoms with Crippen LogP contribution >= 0.6 is 0 Å². The highest BCUT2D eigenvalue weighted by Gasteiger charge is 2.62. The van der Waals surface area contributed by atoms with Gasteiger partial charge in [-0.2, -0.15) is 0 Å². The van der Waals surface area contributed by atoms with Crippen LogP contribution in [0.1, 0.15) is 72.1 Å². The van der Waals surface area contributed by atoms with Crippen molar-refractivity contribution in [1.82, 2.24) is 5.32 Å². The minimum atomic E-state index is -1.35. The normalized spacial score (nSPS) is 41.9. The van der Waals surface area contributed by atoms with Crippen molar-refractivity contribution in [2.75, 3.05) is 13.2 Å². The molecule has 0 saturated heterocycles. The van der Waals surface area contributed by atoms with E-state index in [0.717, 1.165) is 57.1 Å². The fourth-order valence-corrected chi connectivity index (χ4v) is 7.48. The Balaban J connectivity index is 1.41. The zero-order chi connectivity index (χ0) is 24.0. The monoisotopic (exact) mass is 462 g/mol. The van der Waals surface area contributed by atoms with Gasteiger partial charge in [-0.25, -0.2) is 4.79 Å². The van der Waals surface area contributed by atoms with E-state index >= 15 is 0 Å². The number of oxime groups is 1. The molecule has 0 bridgehead atoms. The Morgan fingerprint density at radius 1 is 1.15 bits per heavy atom. The third-order valence-electron chi connectivity index (χ3n) is 9.73. The first-order chi connectivity index (χ1) is 15.5. The fraction of sp³-hybridized carbons (Fsp3) is 0.800. The first kappa shape index (κ1) is 24.2. The second-order valence-corrected chi connectivity index (χ2v) is 11.3. The van der Waals surface area contributed by atoms with Gasteiger partial charge in [0.2, 0.25) is 0 Å². The molecule has 4 rings (SSSR count). The van der Waals surface area contributed by atoms with Crippen LogP contribution in [0.15, 0.2) is 16.8 Å². The van der Waals surface area contributed by atoms with Crippen LogP contribution in [0.5, 0.6) is 0 Å². The number of carboxylic acid groups (broad SMARTS) is 1. The van der Waals surface area contributed by atoms with Gasteiger partial charge in [-0.3, -0.25) is 4.79 Å². The van der Waals surface area contributed by atoms with Gasteiger partial charge >= 0.3 is 5.97 Å². The summed E-state index contributed by atoms with van der Waals surface area (Å²) < 4.78 is 0. The maximum Gasteiger partial charge on any atom is 0.328 e. The molecule has 8 heteroatoms. The number of rotatable bonds is 6. The van der Waals surface area contributed by atoms with Crippen LogP contribution < -0.4 is 5.32 Å². The van der Waals surface area contributed by atoms with Crippen molar-refractivity contribution in [3.8, 4) is 0 Å². The molecule has 0 heterocycles. The number of hydrogen-bond donors (Lipinski definition) is 4.